The Morgan fingerprint density at radius 2 is 1.77 bits per heavy atom. The Labute approximate surface area is 157 Å². The van der Waals surface area contributed by atoms with Gasteiger partial charge in [0.1, 0.15) is 0 Å². The minimum atomic E-state index is 0.0512. The van der Waals surface area contributed by atoms with Crippen molar-refractivity contribution in [2.45, 2.75) is 33.2 Å². The zero-order chi connectivity index (χ0) is 18.9. The van der Waals surface area contributed by atoms with Crippen LogP contribution in [0, 0.1) is 0 Å². The highest BCUT2D eigenvalue weighted by atomic mass is 15.2. The molecule has 3 nitrogen and oxygen atoms in total. The summed E-state index contributed by atoms with van der Waals surface area (Å²) in [4.78, 5) is 9.19. The number of anilines is 2. The topological polar surface area (TPSA) is 18.8 Å². The Kier molecular flexibility index (Phi) is 4.90. The number of aliphatic imine (C=N–C) groups is 1. The molecule has 0 fully saturated rings. The van der Waals surface area contributed by atoms with Gasteiger partial charge in [0, 0.05) is 43.8 Å². The average molecular weight is 348 g/mol. The normalized spacial score (nSPS) is 15.8. The van der Waals surface area contributed by atoms with Gasteiger partial charge in [-0.25, -0.2) is 0 Å². The molecule has 0 N–H and O–H groups in total. The fourth-order valence-electron chi connectivity index (χ4n) is 3.74. The van der Waals surface area contributed by atoms with Crippen molar-refractivity contribution in [3.63, 3.8) is 0 Å². The van der Waals surface area contributed by atoms with Gasteiger partial charge in [0.25, 0.3) is 0 Å². The summed E-state index contributed by atoms with van der Waals surface area (Å²) in [6.45, 7) is 9.96. The summed E-state index contributed by atoms with van der Waals surface area (Å²) in [5.41, 5.74) is 7.28. The molecule has 0 radical (unpaired) electrons. The lowest BCUT2D eigenvalue weighted by Crippen LogP contribution is -2.44. The molecule has 3 heteroatoms. The molecular weight excluding hydrogens is 318 g/mol. The van der Waals surface area contributed by atoms with E-state index in [-0.39, 0.29) is 5.54 Å². The average Bonchev–Trinajstić information content (AvgIpc) is 2.60. The predicted molar refractivity (Wildman–Crippen MR) is 115 cm³/mol. The SMILES string of the molecule is CCN1c2ccc(C=Nc3ccc(N(C)C)cc3)cc2C(C)=CC1(C)C. The zero-order valence-electron chi connectivity index (χ0n) is 16.7. The largest absolute Gasteiger partial charge is 0.378 e. The van der Waals surface area contributed by atoms with E-state index in [0.29, 0.717) is 0 Å². The molecule has 0 spiro atoms. The fourth-order valence-corrected chi connectivity index (χ4v) is 3.74. The van der Waals surface area contributed by atoms with Crippen LogP contribution in [0.3, 0.4) is 0 Å². The Bertz CT molecular complexity index is 842. The van der Waals surface area contributed by atoms with Crippen molar-refractivity contribution in [2.24, 2.45) is 4.99 Å². The van der Waals surface area contributed by atoms with E-state index in [9.17, 15) is 0 Å². The van der Waals surface area contributed by atoms with Crippen LogP contribution in [0.5, 0.6) is 0 Å². The summed E-state index contributed by atoms with van der Waals surface area (Å²) in [5.74, 6) is 0. The molecule has 2 aromatic rings. The van der Waals surface area contributed by atoms with Gasteiger partial charge in [0.15, 0.2) is 0 Å². The number of rotatable bonds is 4. The minimum absolute atomic E-state index is 0.0512. The molecule has 1 aliphatic rings. The molecule has 2 aromatic carbocycles. The van der Waals surface area contributed by atoms with Crippen molar-refractivity contribution >= 4 is 28.8 Å². The van der Waals surface area contributed by atoms with Gasteiger partial charge in [-0.1, -0.05) is 12.1 Å². The number of hydrogen-bond acceptors (Lipinski definition) is 3. The second kappa shape index (κ2) is 6.99. The second-order valence-corrected chi connectivity index (χ2v) is 7.67. The third-order valence-corrected chi connectivity index (χ3v) is 5.05. The Morgan fingerprint density at radius 1 is 1.08 bits per heavy atom. The molecular formula is C23H29N3. The van der Waals surface area contributed by atoms with E-state index in [1.807, 2.05) is 20.3 Å². The predicted octanol–water partition coefficient (Wildman–Crippen LogP) is 5.53. The maximum atomic E-state index is 4.64. The van der Waals surface area contributed by atoms with Gasteiger partial charge in [-0.05, 0) is 75.2 Å². The van der Waals surface area contributed by atoms with Gasteiger partial charge in [0.2, 0.25) is 0 Å². The molecule has 0 saturated heterocycles. The molecule has 0 unspecified atom stereocenters. The van der Waals surface area contributed by atoms with Crippen molar-refractivity contribution in [1.29, 1.82) is 0 Å². The standard InChI is InChI=1S/C23H29N3/c1-7-26-22-13-8-18(14-21(22)17(2)15-23(26,3)4)16-24-19-9-11-20(12-10-19)25(5)6/h8-16H,7H2,1-6H3. The summed E-state index contributed by atoms with van der Waals surface area (Å²) < 4.78 is 0. The van der Waals surface area contributed by atoms with Gasteiger partial charge < -0.3 is 9.80 Å². The van der Waals surface area contributed by atoms with Crippen LogP contribution in [-0.4, -0.2) is 32.4 Å². The Balaban J connectivity index is 1.88. The van der Waals surface area contributed by atoms with Gasteiger partial charge in [-0.2, -0.15) is 0 Å². The van der Waals surface area contributed by atoms with Crippen molar-refractivity contribution in [3.05, 3.63) is 59.7 Å². The van der Waals surface area contributed by atoms with Crippen LogP contribution in [0.1, 0.15) is 38.8 Å². The van der Waals surface area contributed by atoms with E-state index < -0.39 is 0 Å². The summed E-state index contributed by atoms with van der Waals surface area (Å²) >= 11 is 0. The first-order chi connectivity index (χ1) is 12.3. The lowest BCUT2D eigenvalue weighted by atomic mass is 9.88. The maximum absolute atomic E-state index is 4.64. The molecule has 26 heavy (non-hydrogen) atoms. The van der Waals surface area contributed by atoms with Crippen LogP contribution in [0.2, 0.25) is 0 Å². The number of likely N-dealkylation sites (N-methyl/N-ethyl adjacent to an activating group) is 1. The zero-order valence-corrected chi connectivity index (χ0v) is 16.7. The first kappa shape index (κ1) is 18.2. The van der Waals surface area contributed by atoms with Crippen molar-refractivity contribution in [3.8, 4) is 0 Å². The monoisotopic (exact) mass is 347 g/mol. The number of nitrogens with zero attached hydrogens (tertiary/aromatic N) is 3. The lowest BCUT2D eigenvalue weighted by molar-refractivity contribution is 0.566. The van der Waals surface area contributed by atoms with Gasteiger partial charge in [-0.3, -0.25) is 4.99 Å². The Hall–Kier alpha value is -2.55. The number of hydrogen-bond donors (Lipinski definition) is 0. The van der Waals surface area contributed by atoms with E-state index in [2.05, 4.69) is 91.0 Å². The molecule has 0 atom stereocenters. The van der Waals surface area contributed by atoms with Gasteiger partial charge in [0.05, 0.1) is 11.2 Å². The molecule has 1 aliphatic heterocycles. The number of allylic oxidation sites excluding steroid dienone is 1. The highest BCUT2D eigenvalue weighted by Gasteiger charge is 2.29. The van der Waals surface area contributed by atoms with E-state index in [0.717, 1.165) is 17.8 Å². The first-order valence-electron chi connectivity index (χ1n) is 9.25. The Morgan fingerprint density at radius 3 is 2.38 bits per heavy atom. The van der Waals surface area contributed by atoms with Crippen molar-refractivity contribution in [1.82, 2.24) is 0 Å². The molecule has 0 saturated carbocycles. The molecule has 3 rings (SSSR count). The van der Waals surface area contributed by atoms with Crippen LogP contribution in [0.15, 0.2) is 53.5 Å². The fraction of sp³-hybridized carbons (Fsp3) is 0.348. The second-order valence-electron chi connectivity index (χ2n) is 7.67. The van der Waals surface area contributed by atoms with Crippen LogP contribution < -0.4 is 9.80 Å². The van der Waals surface area contributed by atoms with Crippen molar-refractivity contribution in [2.75, 3.05) is 30.4 Å². The lowest BCUT2D eigenvalue weighted by Gasteiger charge is -2.42. The van der Waals surface area contributed by atoms with Crippen LogP contribution in [0.4, 0.5) is 17.1 Å². The molecule has 0 amide bonds. The minimum Gasteiger partial charge on any atom is -0.378 e. The molecule has 0 aliphatic carbocycles. The van der Waals surface area contributed by atoms with Crippen LogP contribution >= 0.6 is 0 Å². The summed E-state index contributed by atoms with van der Waals surface area (Å²) in [7, 11) is 4.09. The first-order valence-corrected chi connectivity index (χ1v) is 9.25. The molecule has 136 valence electrons. The van der Waals surface area contributed by atoms with E-state index in [1.165, 1.54) is 22.5 Å². The molecule has 1 heterocycles. The van der Waals surface area contributed by atoms with Crippen LogP contribution in [-0.2, 0) is 0 Å². The van der Waals surface area contributed by atoms with E-state index in [4.69, 9.17) is 0 Å². The quantitative estimate of drug-likeness (QED) is 0.678. The maximum Gasteiger partial charge on any atom is 0.0631 e. The number of benzene rings is 2. The number of fused-ring (bicyclic) bond motifs is 1. The highest BCUT2D eigenvalue weighted by molar-refractivity contribution is 5.88. The van der Waals surface area contributed by atoms with Gasteiger partial charge in [-0.15, -0.1) is 0 Å². The summed E-state index contributed by atoms with van der Waals surface area (Å²) in [5, 5.41) is 0. The smallest absolute Gasteiger partial charge is 0.0631 e. The van der Waals surface area contributed by atoms with E-state index >= 15 is 0 Å². The summed E-state index contributed by atoms with van der Waals surface area (Å²) in [6, 6.07) is 14.9. The van der Waals surface area contributed by atoms with Crippen molar-refractivity contribution < 1.29 is 0 Å². The third-order valence-electron chi connectivity index (χ3n) is 5.05. The summed E-state index contributed by atoms with van der Waals surface area (Å²) in [6.07, 6.45) is 4.31. The molecule has 0 bridgehead atoms. The highest BCUT2D eigenvalue weighted by Crippen LogP contribution is 2.38. The third kappa shape index (κ3) is 3.52. The van der Waals surface area contributed by atoms with Crippen LogP contribution in [0.25, 0.3) is 5.57 Å². The molecule has 0 aromatic heterocycles. The van der Waals surface area contributed by atoms with Gasteiger partial charge >= 0.3 is 0 Å². The van der Waals surface area contributed by atoms with E-state index in [1.54, 1.807) is 0 Å².